The summed E-state index contributed by atoms with van der Waals surface area (Å²) in [4.78, 5) is 15.9. The molecule has 0 aliphatic carbocycles. The van der Waals surface area contributed by atoms with Crippen LogP contribution in [0, 0.1) is 5.82 Å². The Morgan fingerprint density at radius 2 is 1.92 bits per heavy atom. The van der Waals surface area contributed by atoms with Crippen molar-refractivity contribution < 1.29 is 13.9 Å². The fourth-order valence-electron chi connectivity index (χ4n) is 2.48. The van der Waals surface area contributed by atoms with Gasteiger partial charge in [0.25, 0.3) is 0 Å². The van der Waals surface area contributed by atoms with Crippen LogP contribution in [0.4, 0.5) is 14.9 Å². The molecule has 0 radical (unpaired) electrons. The number of ether oxygens (including phenoxy) is 1. The molecule has 1 saturated heterocycles. The van der Waals surface area contributed by atoms with E-state index in [0.29, 0.717) is 24.7 Å². The Morgan fingerprint density at radius 3 is 2.46 bits per heavy atom. The van der Waals surface area contributed by atoms with Gasteiger partial charge in [0.15, 0.2) is 5.11 Å². The minimum atomic E-state index is -0.503. The van der Waals surface area contributed by atoms with Crippen LogP contribution >= 0.6 is 12.2 Å². The molecule has 0 saturated carbocycles. The van der Waals surface area contributed by atoms with E-state index in [-0.39, 0.29) is 18.0 Å². The van der Waals surface area contributed by atoms with Gasteiger partial charge in [-0.1, -0.05) is 0 Å². The van der Waals surface area contributed by atoms with Gasteiger partial charge in [-0.3, -0.25) is 0 Å². The van der Waals surface area contributed by atoms with Gasteiger partial charge in [-0.25, -0.2) is 9.18 Å². The molecule has 1 atom stereocenters. The molecular weight excluding hydrogens is 329 g/mol. The van der Waals surface area contributed by atoms with E-state index < -0.39 is 5.60 Å². The number of amides is 1. The molecule has 1 fully saturated rings. The number of anilines is 1. The van der Waals surface area contributed by atoms with Crippen LogP contribution in [0.5, 0.6) is 0 Å². The number of rotatable bonds is 1. The number of thiocarbonyl (C=S) groups is 1. The predicted octanol–water partition coefficient (Wildman–Crippen LogP) is 3.46. The highest BCUT2D eigenvalue weighted by atomic mass is 32.1. The number of benzene rings is 1. The van der Waals surface area contributed by atoms with Crippen LogP contribution in [0.1, 0.15) is 27.7 Å². The third-order valence-electron chi connectivity index (χ3n) is 3.64. The third kappa shape index (κ3) is 5.06. The maximum atomic E-state index is 13.0. The first-order chi connectivity index (χ1) is 11.2. The normalized spacial score (nSPS) is 18.3. The predicted molar refractivity (Wildman–Crippen MR) is 96.6 cm³/mol. The fourth-order valence-corrected chi connectivity index (χ4v) is 2.87. The molecule has 132 valence electrons. The Morgan fingerprint density at radius 1 is 1.29 bits per heavy atom. The highest BCUT2D eigenvalue weighted by Crippen LogP contribution is 2.17. The standard InChI is InChI=1S/C17H24FN3O2S/c1-12-11-20(16(22)23-17(2,3)4)9-10-21(12)15(24)19-14-7-5-13(18)6-8-14/h5-8,12H,9-11H2,1-4H3,(H,19,24). The summed E-state index contributed by atoms with van der Waals surface area (Å²) >= 11 is 5.44. The maximum Gasteiger partial charge on any atom is 0.410 e. The Balaban J connectivity index is 1.91. The number of piperazine rings is 1. The van der Waals surface area contributed by atoms with Crippen LogP contribution in [0.15, 0.2) is 24.3 Å². The lowest BCUT2D eigenvalue weighted by Gasteiger charge is -2.41. The molecule has 2 rings (SSSR count). The second-order valence-corrected chi connectivity index (χ2v) is 7.29. The second kappa shape index (κ2) is 7.34. The molecule has 1 unspecified atom stereocenters. The van der Waals surface area contributed by atoms with E-state index in [4.69, 9.17) is 17.0 Å². The number of hydrogen-bond donors (Lipinski definition) is 1. The first-order valence-electron chi connectivity index (χ1n) is 7.97. The van der Waals surface area contributed by atoms with Gasteiger partial charge in [-0.2, -0.15) is 0 Å². The van der Waals surface area contributed by atoms with Crippen LogP contribution in [0.25, 0.3) is 0 Å². The highest BCUT2D eigenvalue weighted by molar-refractivity contribution is 7.80. The van der Waals surface area contributed by atoms with E-state index in [0.717, 1.165) is 5.69 Å². The summed E-state index contributed by atoms with van der Waals surface area (Å²) in [5.74, 6) is -0.286. The highest BCUT2D eigenvalue weighted by Gasteiger charge is 2.30. The first-order valence-corrected chi connectivity index (χ1v) is 8.37. The van der Waals surface area contributed by atoms with Crippen LogP contribution in [-0.4, -0.2) is 52.3 Å². The number of carbonyl (C=O) groups excluding carboxylic acids is 1. The van der Waals surface area contributed by atoms with Crippen molar-refractivity contribution in [2.45, 2.75) is 39.3 Å². The molecule has 1 heterocycles. The van der Waals surface area contributed by atoms with E-state index in [1.165, 1.54) is 12.1 Å². The molecule has 1 aliphatic heterocycles. The molecule has 24 heavy (non-hydrogen) atoms. The molecular formula is C17H24FN3O2S. The molecule has 1 N–H and O–H groups in total. The van der Waals surface area contributed by atoms with Crippen molar-refractivity contribution in [2.24, 2.45) is 0 Å². The maximum absolute atomic E-state index is 13.0. The third-order valence-corrected chi connectivity index (χ3v) is 3.97. The molecule has 0 spiro atoms. The van der Waals surface area contributed by atoms with Gasteiger partial charge >= 0.3 is 6.09 Å². The summed E-state index contributed by atoms with van der Waals surface area (Å²) in [7, 11) is 0. The molecule has 1 aromatic carbocycles. The van der Waals surface area contributed by atoms with Gasteiger partial charge in [-0.05, 0) is 64.2 Å². The van der Waals surface area contributed by atoms with Crippen molar-refractivity contribution in [3.63, 3.8) is 0 Å². The summed E-state index contributed by atoms with van der Waals surface area (Å²) in [5, 5.41) is 3.68. The summed E-state index contributed by atoms with van der Waals surface area (Å²) < 4.78 is 18.4. The molecule has 1 amide bonds. The Labute approximate surface area is 147 Å². The van der Waals surface area contributed by atoms with Crippen molar-refractivity contribution in [1.29, 1.82) is 0 Å². The SMILES string of the molecule is CC1CN(C(=O)OC(C)(C)C)CCN1C(=S)Nc1ccc(F)cc1. The van der Waals surface area contributed by atoms with E-state index in [2.05, 4.69) is 5.32 Å². The zero-order valence-corrected chi connectivity index (χ0v) is 15.3. The van der Waals surface area contributed by atoms with Gasteiger partial charge in [0.1, 0.15) is 11.4 Å². The van der Waals surface area contributed by atoms with Crippen molar-refractivity contribution >= 4 is 29.1 Å². The van der Waals surface area contributed by atoms with Crippen molar-refractivity contribution in [1.82, 2.24) is 9.80 Å². The smallest absolute Gasteiger partial charge is 0.410 e. The number of nitrogens with zero attached hydrogens (tertiary/aromatic N) is 2. The Kier molecular flexibility index (Phi) is 5.64. The van der Waals surface area contributed by atoms with Gasteiger partial charge in [0, 0.05) is 31.4 Å². The average Bonchev–Trinajstić information content (AvgIpc) is 2.47. The lowest BCUT2D eigenvalue weighted by molar-refractivity contribution is 0.0135. The van der Waals surface area contributed by atoms with Crippen LogP contribution in [0.3, 0.4) is 0 Å². The van der Waals surface area contributed by atoms with Crippen LogP contribution in [0.2, 0.25) is 0 Å². The molecule has 0 bridgehead atoms. The van der Waals surface area contributed by atoms with Crippen molar-refractivity contribution in [3.8, 4) is 0 Å². The minimum Gasteiger partial charge on any atom is -0.444 e. The summed E-state index contributed by atoms with van der Waals surface area (Å²) in [6.07, 6.45) is -0.300. The fraction of sp³-hybridized carbons (Fsp3) is 0.529. The second-order valence-electron chi connectivity index (χ2n) is 6.91. The summed E-state index contributed by atoms with van der Waals surface area (Å²) in [6.45, 7) is 9.28. The number of nitrogens with one attached hydrogen (secondary N) is 1. The summed E-state index contributed by atoms with van der Waals surface area (Å²) in [5.41, 5.74) is 0.236. The van der Waals surface area contributed by atoms with Crippen molar-refractivity contribution in [3.05, 3.63) is 30.1 Å². The number of halogens is 1. The first kappa shape index (κ1) is 18.4. The van der Waals surface area contributed by atoms with E-state index >= 15 is 0 Å². The topological polar surface area (TPSA) is 44.8 Å². The van der Waals surface area contributed by atoms with Crippen molar-refractivity contribution in [2.75, 3.05) is 25.0 Å². The lowest BCUT2D eigenvalue weighted by atomic mass is 10.2. The quantitative estimate of drug-likeness (QED) is 0.784. The van der Waals surface area contributed by atoms with E-state index in [1.807, 2.05) is 32.6 Å². The number of carbonyl (C=O) groups is 1. The van der Waals surface area contributed by atoms with Crippen LogP contribution in [-0.2, 0) is 4.74 Å². The van der Waals surface area contributed by atoms with Gasteiger partial charge < -0.3 is 19.9 Å². The van der Waals surface area contributed by atoms with Gasteiger partial charge in [0.05, 0.1) is 0 Å². The summed E-state index contributed by atoms with van der Waals surface area (Å²) in [6, 6.07) is 6.11. The largest absolute Gasteiger partial charge is 0.444 e. The van der Waals surface area contributed by atoms with Gasteiger partial charge in [-0.15, -0.1) is 0 Å². The zero-order valence-electron chi connectivity index (χ0n) is 14.5. The zero-order chi connectivity index (χ0) is 17.9. The Bertz CT molecular complexity index is 601. The monoisotopic (exact) mass is 353 g/mol. The minimum absolute atomic E-state index is 0.0618. The Hall–Kier alpha value is -1.89. The average molecular weight is 353 g/mol. The molecule has 7 heteroatoms. The lowest BCUT2D eigenvalue weighted by Crippen LogP contribution is -2.56. The number of hydrogen-bond acceptors (Lipinski definition) is 3. The molecule has 0 aromatic heterocycles. The molecule has 5 nitrogen and oxygen atoms in total. The van der Waals surface area contributed by atoms with E-state index in [9.17, 15) is 9.18 Å². The molecule has 1 aromatic rings. The van der Waals surface area contributed by atoms with E-state index in [1.54, 1.807) is 17.0 Å². The van der Waals surface area contributed by atoms with Gasteiger partial charge in [0.2, 0.25) is 0 Å². The van der Waals surface area contributed by atoms with Crippen LogP contribution < -0.4 is 5.32 Å². The molecule has 1 aliphatic rings.